The lowest BCUT2D eigenvalue weighted by atomic mass is 10.0. The molecule has 1 aliphatic heterocycles. The predicted octanol–water partition coefficient (Wildman–Crippen LogP) is 1.43. The largest absolute Gasteiger partial charge is 0.352 e. The Bertz CT molecular complexity index is 907. The summed E-state index contributed by atoms with van der Waals surface area (Å²) in [6.07, 6.45) is 5.17. The minimum atomic E-state index is -3.69. The van der Waals surface area contributed by atoms with E-state index < -0.39 is 15.6 Å². The molecule has 1 aromatic rings. The van der Waals surface area contributed by atoms with Gasteiger partial charge in [-0.1, -0.05) is 25.5 Å². The van der Waals surface area contributed by atoms with Gasteiger partial charge in [0.15, 0.2) is 0 Å². The van der Waals surface area contributed by atoms with Crippen molar-refractivity contribution in [1.82, 2.24) is 19.1 Å². The third-order valence-corrected chi connectivity index (χ3v) is 7.36. The first-order valence-electron chi connectivity index (χ1n) is 10.5. The van der Waals surface area contributed by atoms with Crippen LogP contribution in [0.3, 0.4) is 0 Å². The van der Waals surface area contributed by atoms with E-state index in [4.69, 9.17) is 0 Å². The Morgan fingerprint density at radius 2 is 1.83 bits per heavy atom. The van der Waals surface area contributed by atoms with Crippen LogP contribution in [0, 0.1) is 0 Å². The summed E-state index contributed by atoms with van der Waals surface area (Å²) in [7, 11) is -3.69. The van der Waals surface area contributed by atoms with Gasteiger partial charge in [-0.15, -0.1) is 0 Å². The van der Waals surface area contributed by atoms with Crippen LogP contribution in [0.25, 0.3) is 0 Å². The minimum absolute atomic E-state index is 0.0196. The molecule has 2 heterocycles. The fraction of sp³-hybridized carbons (Fsp3) is 0.619. The van der Waals surface area contributed by atoms with Crippen molar-refractivity contribution in [3.8, 4) is 0 Å². The first kappa shape index (κ1) is 24.3. The Hall–Kier alpha value is -1.97. The van der Waals surface area contributed by atoms with E-state index in [2.05, 4.69) is 30.1 Å². The Morgan fingerprint density at radius 1 is 1.20 bits per heavy atom. The van der Waals surface area contributed by atoms with Gasteiger partial charge in [0.05, 0.1) is 4.90 Å². The van der Waals surface area contributed by atoms with Crippen molar-refractivity contribution in [1.29, 1.82) is 0 Å². The average Bonchev–Trinajstić information content (AvgIpc) is 2.69. The molecule has 1 saturated heterocycles. The SMILES string of the molecule is CCN(CC)S(=O)(=O)c1ccc(=O)n(CC(=O)NC2CCN(CC=C(C)C)CC2)c1. The lowest BCUT2D eigenvalue weighted by Crippen LogP contribution is -2.46. The van der Waals surface area contributed by atoms with E-state index in [-0.39, 0.29) is 23.4 Å². The number of allylic oxidation sites excluding steroid dienone is 1. The van der Waals surface area contributed by atoms with Crippen molar-refractivity contribution < 1.29 is 13.2 Å². The molecule has 0 bridgehead atoms. The van der Waals surface area contributed by atoms with E-state index in [1.807, 2.05) is 0 Å². The zero-order chi connectivity index (χ0) is 22.3. The van der Waals surface area contributed by atoms with E-state index in [0.29, 0.717) is 13.1 Å². The van der Waals surface area contributed by atoms with Crippen molar-refractivity contribution in [2.75, 3.05) is 32.7 Å². The molecule has 0 saturated carbocycles. The molecule has 9 heteroatoms. The molecule has 0 aromatic carbocycles. The third-order valence-electron chi connectivity index (χ3n) is 5.32. The van der Waals surface area contributed by atoms with Crippen LogP contribution in [0.5, 0.6) is 0 Å². The maximum atomic E-state index is 12.7. The number of nitrogens with one attached hydrogen (secondary N) is 1. The van der Waals surface area contributed by atoms with Crippen molar-refractivity contribution in [3.63, 3.8) is 0 Å². The van der Waals surface area contributed by atoms with Crippen LogP contribution >= 0.6 is 0 Å². The van der Waals surface area contributed by atoms with E-state index in [9.17, 15) is 18.0 Å². The highest BCUT2D eigenvalue weighted by atomic mass is 32.2. The van der Waals surface area contributed by atoms with Crippen LogP contribution in [0.1, 0.15) is 40.5 Å². The highest BCUT2D eigenvalue weighted by molar-refractivity contribution is 7.89. The number of hydrogen-bond acceptors (Lipinski definition) is 5. The summed E-state index contributed by atoms with van der Waals surface area (Å²) >= 11 is 0. The van der Waals surface area contributed by atoms with Gasteiger partial charge in [0, 0.05) is 51.0 Å². The molecule has 0 radical (unpaired) electrons. The molecule has 0 atom stereocenters. The second kappa shape index (κ2) is 10.9. The van der Waals surface area contributed by atoms with Gasteiger partial charge >= 0.3 is 0 Å². The first-order chi connectivity index (χ1) is 14.2. The standard InChI is InChI=1S/C21H34N4O4S/c1-5-25(6-2)30(28,29)19-7-8-21(27)24(15-19)16-20(26)22-18-10-13-23(14-11-18)12-9-17(3)4/h7-9,15,18H,5-6,10-14,16H2,1-4H3,(H,22,26). The molecule has 8 nitrogen and oxygen atoms in total. The summed E-state index contributed by atoms with van der Waals surface area (Å²) in [5.41, 5.74) is 0.890. The quantitative estimate of drug-likeness (QED) is 0.589. The molecule has 2 rings (SSSR count). The first-order valence-corrected chi connectivity index (χ1v) is 12.0. The van der Waals surface area contributed by atoms with Crippen molar-refractivity contribution >= 4 is 15.9 Å². The summed E-state index contributed by atoms with van der Waals surface area (Å²) in [6, 6.07) is 2.57. The smallest absolute Gasteiger partial charge is 0.251 e. The van der Waals surface area contributed by atoms with E-state index in [0.717, 1.165) is 37.0 Å². The molecule has 1 aliphatic rings. The highest BCUT2D eigenvalue weighted by Gasteiger charge is 2.23. The molecule has 0 unspecified atom stereocenters. The molecule has 1 N–H and O–H groups in total. The van der Waals surface area contributed by atoms with Gasteiger partial charge in [-0.05, 0) is 32.8 Å². The molecule has 0 aliphatic carbocycles. The van der Waals surface area contributed by atoms with Crippen LogP contribution in [-0.4, -0.2) is 66.9 Å². The minimum Gasteiger partial charge on any atom is -0.352 e. The Morgan fingerprint density at radius 3 is 2.40 bits per heavy atom. The number of amides is 1. The van der Waals surface area contributed by atoms with Crippen LogP contribution in [0.2, 0.25) is 0 Å². The summed E-state index contributed by atoms with van der Waals surface area (Å²) in [6.45, 7) is 10.9. The number of sulfonamides is 1. The van der Waals surface area contributed by atoms with Gasteiger partial charge in [0.2, 0.25) is 15.9 Å². The van der Waals surface area contributed by atoms with Crippen LogP contribution in [0.15, 0.2) is 39.7 Å². The number of nitrogens with zero attached hydrogens (tertiary/aromatic N) is 3. The van der Waals surface area contributed by atoms with E-state index in [1.54, 1.807) is 13.8 Å². The maximum absolute atomic E-state index is 12.7. The predicted molar refractivity (Wildman–Crippen MR) is 118 cm³/mol. The number of pyridine rings is 1. The number of likely N-dealkylation sites (tertiary alicyclic amines) is 1. The number of rotatable bonds is 9. The molecule has 1 aromatic heterocycles. The van der Waals surface area contributed by atoms with Crippen LogP contribution in [-0.2, 0) is 21.4 Å². The summed E-state index contributed by atoms with van der Waals surface area (Å²) in [5, 5.41) is 2.98. The topological polar surface area (TPSA) is 91.7 Å². The van der Waals surface area contributed by atoms with Gasteiger partial charge < -0.3 is 9.88 Å². The second-order valence-electron chi connectivity index (χ2n) is 7.84. The number of carbonyl (C=O) groups is 1. The zero-order valence-electron chi connectivity index (χ0n) is 18.4. The van der Waals surface area contributed by atoms with Crippen molar-refractivity contribution in [2.45, 2.75) is 58.0 Å². The number of piperidine rings is 1. The average molecular weight is 439 g/mol. The van der Waals surface area contributed by atoms with Gasteiger partial charge in [0.1, 0.15) is 6.54 Å². The number of aromatic nitrogens is 1. The summed E-state index contributed by atoms with van der Waals surface area (Å²) < 4.78 is 27.9. The summed E-state index contributed by atoms with van der Waals surface area (Å²) in [4.78, 5) is 27.0. The molecule has 1 fully saturated rings. The monoisotopic (exact) mass is 438 g/mol. The lowest BCUT2D eigenvalue weighted by molar-refractivity contribution is -0.122. The Balaban J connectivity index is 1.99. The van der Waals surface area contributed by atoms with Gasteiger partial charge in [-0.2, -0.15) is 4.31 Å². The summed E-state index contributed by atoms with van der Waals surface area (Å²) in [5.74, 6) is -0.280. The van der Waals surface area contributed by atoms with E-state index in [1.165, 1.54) is 28.2 Å². The lowest BCUT2D eigenvalue weighted by Gasteiger charge is -2.31. The molecular formula is C21H34N4O4S. The van der Waals surface area contributed by atoms with Crippen LogP contribution < -0.4 is 10.9 Å². The Kier molecular flexibility index (Phi) is 8.81. The van der Waals surface area contributed by atoms with Crippen LogP contribution in [0.4, 0.5) is 0 Å². The van der Waals surface area contributed by atoms with Crippen molar-refractivity contribution in [3.05, 3.63) is 40.3 Å². The maximum Gasteiger partial charge on any atom is 0.251 e. The van der Waals surface area contributed by atoms with Gasteiger partial charge in [-0.25, -0.2) is 8.42 Å². The normalized spacial score (nSPS) is 15.9. The van der Waals surface area contributed by atoms with Crippen molar-refractivity contribution in [2.24, 2.45) is 0 Å². The number of hydrogen-bond donors (Lipinski definition) is 1. The molecule has 168 valence electrons. The third kappa shape index (κ3) is 6.52. The second-order valence-corrected chi connectivity index (χ2v) is 9.78. The van der Waals surface area contributed by atoms with Gasteiger partial charge in [0.25, 0.3) is 5.56 Å². The molecule has 0 spiro atoms. The molecule has 1 amide bonds. The fourth-order valence-corrected chi connectivity index (χ4v) is 4.98. The van der Waals surface area contributed by atoms with Gasteiger partial charge in [-0.3, -0.25) is 14.5 Å². The van der Waals surface area contributed by atoms with E-state index >= 15 is 0 Å². The molecular weight excluding hydrogens is 404 g/mol. The zero-order valence-corrected chi connectivity index (χ0v) is 19.2. The fourth-order valence-electron chi connectivity index (χ4n) is 3.50. The Labute approximate surface area is 179 Å². The highest BCUT2D eigenvalue weighted by Crippen LogP contribution is 2.14. The molecule has 30 heavy (non-hydrogen) atoms. The number of carbonyl (C=O) groups excluding carboxylic acids is 1.